The van der Waals surface area contributed by atoms with Crippen molar-refractivity contribution >= 4 is 23.4 Å². The Labute approximate surface area is 181 Å². The molecule has 1 N–H and O–H groups in total. The third-order valence-corrected chi connectivity index (χ3v) is 5.80. The van der Waals surface area contributed by atoms with Gasteiger partial charge in [-0.3, -0.25) is 4.90 Å². The second kappa shape index (κ2) is 9.13. The van der Waals surface area contributed by atoms with E-state index in [-0.39, 0.29) is 12.4 Å². The molecule has 2 heterocycles. The van der Waals surface area contributed by atoms with Crippen molar-refractivity contribution in [3.05, 3.63) is 81.6 Å². The fourth-order valence-corrected chi connectivity index (χ4v) is 4.46. The van der Waals surface area contributed by atoms with Crippen molar-refractivity contribution in [3.8, 4) is 5.75 Å². The maximum atomic E-state index is 14.2. The van der Waals surface area contributed by atoms with E-state index in [0.717, 1.165) is 16.1 Å². The molecule has 4 rings (SSSR count). The summed E-state index contributed by atoms with van der Waals surface area (Å²) >= 11 is 1.35. The highest BCUT2D eigenvalue weighted by Gasteiger charge is 2.37. The highest BCUT2D eigenvalue weighted by Crippen LogP contribution is 2.41. The van der Waals surface area contributed by atoms with Crippen LogP contribution >= 0.6 is 11.3 Å². The van der Waals surface area contributed by atoms with Crippen LogP contribution in [0.5, 0.6) is 5.75 Å². The predicted molar refractivity (Wildman–Crippen MR) is 111 cm³/mol. The minimum absolute atomic E-state index is 0.101. The molecule has 3 aromatic rings. The number of aliphatic carboxylic acids is 1. The van der Waals surface area contributed by atoms with E-state index in [9.17, 15) is 14.0 Å². The SMILES string of the molecule is O=C(O)COc1ccc(F)cc1C1c2scnc2CCN1C(=O)OCc1ccccc1. The Balaban J connectivity index is 1.66. The summed E-state index contributed by atoms with van der Waals surface area (Å²) in [5.41, 5.74) is 3.69. The van der Waals surface area contributed by atoms with Gasteiger partial charge in [-0.1, -0.05) is 30.3 Å². The van der Waals surface area contributed by atoms with Crippen molar-refractivity contribution in [2.45, 2.75) is 19.1 Å². The standard InChI is InChI=1S/C22H19FN2O5S/c23-15-6-7-18(29-12-19(26)27)16(10-15)20-21-17(24-13-31-21)8-9-25(20)22(28)30-11-14-4-2-1-3-5-14/h1-7,10,13,20H,8-9,11-12H2,(H,26,27). The number of thiazole rings is 1. The quantitative estimate of drug-likeness (QED) is 0.620. The lowest BCUT2D eigenvalue weighted by molar-refractivity contribution is -0.139. The molecule has 7 nitrogen and oxygen atoms in total. The maximum absolute atomic E-state index is 14.2. The van der Waals surface area contributed by atoms with Crippen LogP contribution in [0.25, 0.3) is 0 Å². The van der Waals surface area contributed by atoms with Crippen LogP contribution in [0.2, 0.25) is 0 Å². The first kappa shape index (κ1) is 20.8. The van der Waals surface area contributed by atoms with Crippen LogP contribution in [-0.4, -0.2) is 40.2 Å². The van der Waals surface area contributed by atoms with E-state index in [4.69, 9.17) is 14.6 Å². The number of rotatable bonds is 6. The van der Waals surface area contributed by atoms with Crippen molar-refractivity contribution in [2.75, 3.05) is 13.2 Å². The van der Waals surface area contributed by atoms with E-state index in [1.807, 2.05) is 30.3 Å². The number of ether oxygens (including phenoxy) is 2. The first-order valence-electron chi connectivity index (χ1n) is 9.56. The van der Waals surface area contributed by atoms with Crippen LogP contribution in [0.15, 0.2) is 54.0 Å². The number of aromatic nitrogens is 1. The molecule has 0 bridgehead atoms. The number of amides is 1. The van der Waals surface area contributed by atoms with E-state index in [2.05, 4.69) is 4.98 Å². The fourth-order valence-electron chi connectivity index (χ4n) is 3.50. The Morgan fingerprint density at radius 2 is 2.03 bits per heavy atom. The number of halogens is 1. The van der Waals surface area contributed by atoms with Gasteiger partial charge in [0.1, 0.15) is 24.2 Å². The topological polar surface area (TPSA) is 89.0 Å². The maximum Gasteiger partial charge on any atom is 0.410 e. The van der Waals surface area contributed by atoms with Gasteiger partial charge in [-0.15, -0.1) is 11.3 Å². The third-order valence-electron chi connectivity index (χ3n) is 4.88. The zero-order valence-electron chi connectivity index (χ0n) is 16.4. The summed E-state index contributed by atoms with van der Waals surface area (Å²) in [6.07, 6.45) is -0.0162. The largest absolute Gasteiger partial charge is 0.482 e. The van der Waals surface area contributed by atoms with Gasteiger partial charge in [0.25, 0.3) is 0 Å². The van der Waals surface area contributed by atoms with E-state index < -0.39 is 30.5 Å². The Bertz CT molecular complexity index is 1090. The number of benzene rings is 2. The smallest absolute Gasteiger partial charge is 0.410 e. The number of fused-ring (bicyclic) bond motifs is 1. The lowest BCUT2D eigenvalue weighted by Gasteiger charge is -2.35. The van der Waals surface area contributed by atoms with Crippen LogP contribution in [-0.2, 0) is 22.6 Å². The molecule has 0 spiro atoms. The lowest BCUT2D eigenvalue weighted by Crippen LogP contribution is -2.40. The number of carboxylic acid groups (broad SMARTS) is 1. The predicted octanol–water partition coefficient (Wildman–Crippen LogP) is 4.03. The average Bonchev–Trinajstić information content (AvgIpc) is 3.25. The number of carbonyl (C=O) groups is 2. The molecule has 0 radical (unpaired) electrons. The van der Waals surface area contributed by atoms with E-state index in [1.54, 1.807) is 5.51 Å². The van der Waals surface area contributed by atoms with Gasteiger partial charge < -0.3 is 14.6 Å². The molecule has 1 aliphatic heterocycles. The molecule has 1 atom stereocenters. The fraction of sp³-hybridized carbons (Fsp3) is 0.227. The number of nitrogens with zero attached hydrogens (tertiary/aromatic N) is 2. The van der Waals surface area contributed by atoms with Gasteiger partial charge in [0.05, 0.1) is 16.1 Å². The first-order valence-corrected chi connectivity index (χ1v) is 10.4. The summed E-state index contributed by atoms with van der Waals surface area (Å²) in [5.74, 6) is -1.49. The van der Waals surface area contributed by atoms with E-state index in [0.29, 0.717) is 18.5 Å². The third kappa shape index (κ3) is 4.66. The number of hydrogen-bond acceptors (Lipinski definition) is 6. The second-order valence-corrected chi connectivity index (χ2v) is 7.80. The summed E-state index contributed by atoms with van der Waals surface area (Å²) in [7, 11) is 0. The molecule has 0 saturated carbocycles. The van der Waals surface area contributed by atoms with Gasteiger partial charge >= 0.3 is 12.1 Å². The van der Waals surface area contributed by atoms with Crippen molar-refractivity contribution in [1.82, 2.24) is 9.88 Å². The van der Waals surface area contributed by atoms with Crippen LogP contribution in [0.3, 0.4) is 0 Å². The lowest BCUT2D eigenvalue weighted by atomic mass is 9.97. The van der Waals surface area contributed by atoms with Crippen molar-refractivity contribution in [2.24, 2.45) is 0 Å². The number of carboxylic acids is 1. The highest BCUT2D eigenvalue weighted by atomic mass is 32.1. The molecule has 160 valence electrons. The van der Waals surface area contributed by atoms with Crippen molar-refractivity contribution in [3.63, 3.8) is 0 Å². The van der Waals surface area contributed by atoms with Gasteiger partial charge in [-0.25, -0.2) is 19.0 Å². The van der Waals surface area contributed by atoms with Gasteiger partial charge in [0.2, 0.25) is 0 Å². The Morgan fingerprint density at radius 1 is 1.23 bits per heavy atom. The molecule has 1 aromatic heterocycles. The van der Waals surface area contributed by atoms with Crippen molar-refractivity contribution in [1.29, 1.82) is 0 Å². The molecular weight excluding hydrogens is 423 g/mol. The number of carbonyl (C=O) groups excluding carboxylic acids is 1. The van der Waals surface area contributed by atoms with Crippen LogP contribution in [0.1, 0.15) is 27.7 Å². The molecule has 0 saturated heterocycles. The van der Waals surface area contributed by atoms with Gasteiger partial charge in [0.15, 0.2) is 6.61 Å². The van der Waals surface area contributed by atoms with Crippen molar-refractivity contribution < 1.29 is 28.6 Å². The number of hydrogen-bond donors (Lipinski definition) is 1. The zero-order chi connectivity index (χ0) is 21.8. The van der Waals surface area contributed by atoms with Crippen LogP contribution in [0.4, 0.5) is 9.18 Å². The minimum Gasteiger partial charge on any atom is -0.482 e. The van der Waals surface area contributed by atoms with Crippen LogP contribution < -0.4 is 4.74 Å². The Kier molecular flexibility index (Phi) is 6.13. The Morgan fingerprint density at radius 3 is 2.81 bits per heavy atom. The van der Waals surface area contributed by atoms with E-state index in [1.165, 1.54) is 34.4 Å². The van der Waals surface area contributed by atoms with Crippen LogP contribution in [0, 0.1) is 5.82 Å². The average molecular weight is 442 g/mol. The molecule has 9 heteroatoms. The molecule has 31 heavy (non-hydrogen) atoms. The summed E-state index contributed by atoms with van der Waals surface area (Å²) in [6, 6.07) is 12.4. The van der Waals surface area contributed by atoms with E-state index >= 15 is 0 Å². The first-order chi connectivity index (χ1) is 15.0. The highest BCUT2D eigenvalue weighted by molar-refractivity contribution is 7.09. The Hall–Kier alpha value is -3.46. The molecular formula is C22H19FN2O5S. The minimum atomic E-state index is -1.16. The molecule has 1 unspecified atom stereocenters. The molecule has 0 fully saturated rings. The zero-order valence-corrected chi connectivity index (χ0v) is 17.2. The summed E-state index contributed by atoms with van der Waals surface area (Å²) in [6.45, 7) is -0.160. The molecule has 1 amide bonds. The normalized spacial score (nSPS) is 15.3. The molecule has 0 aliphatic carbocycles. The molecule has 1 aliphatic rings. The van der Waals surface area contributed by atoms with Gasteiger partial charge in [0, 0.05) is 18.5 Å². The van der Waals surface area contributed by atoms with Gasteiger partial charge in [-0.2, -0.15) is 0 Å². The monoisotopic (exact) mass is 442 g/mol. The summed E-state index contributed by atoms with van der Waals surface area (Å²) < 4.78 is 25.1. The van der Waals surface area contributed by atoms with Gasteiger partial charge in [-0.05, 0) is 23.8 Å². The second-order valence-electron chi connectivity index (χ2n) is 6.91. The summed E-state index contributed by atoms with van der Waals surface area (Å²) in [5, 5.41) is 8.98. The molecule has 2 aromatic carbocycles. The summed E-state index contributed by atoms with van der Waals surface area (Å²) in [4.78, 5) is 30.6.